The van der Waals surface area contributed by atoms with Crippen LogP contribution in [0, 0.1) is 17.1 Å². The van der Waals surface area contributed by atoms with Crippen molar-refractivity contribution >= 4 is 0 Å². The van der Waals surface area contributed by atoms with Crippen LogP contribution in [-0.2, 0) is 13.1 Å². The summed E-state index contributed by atoms with van der Waals surface area (Å²) in [5.41, 5.74) is 4.40. The van der Waals surface area contributed by atoms with Crippen molar-refractivity contribution < 1.29 is 9.50 Å². The summed E-state index contributed by atoms with van der Waals surface area (Å²) in [6.07, 6.45) is 1.77. The molecule has 0 aliphatic carbocycles. The number of aromatic nitrogens is 2. The number of benzene rings is 2. The van der Waals surface area contributed by atoms with Gasteiger partial charge in [0.1, 0.15) is 5.82 Å². The van der Waals surface area contributed by atoms with Gasteiger partial charge in [0.05, 0.1) is 30.1 Å². The van der Waals surface area contributed by atoms with Gasteiger partial charge in [0.2, 0.25) is 0 Å². The van der Waals surface area contributed by atoms with Crippen LogP contribution in [0.3, 0.4) is 0 Å². The maximum Gasteiger partial charge on any atom is 0.123 e. The van der Waals surface area contributed by atoms with E-state index in [9.17, 15) is 9.50 Å². The van der Waals surface area contributed by atoms with Crippen LogP contribution >= 0.6 is 0 Å². The molecule has 0 radical (unpaired) electrons. The van der Waals surface area contributed by atoms with Gasteiger partial charge in [-0.25, -0.2) is 4.39 Å². The van der Waals surface area contributed by atoms with Crippen LogP contribution in [0.2, 0.25) is 0 Å². The second kappa shape index (κ2) is 8.39. The number of H-pyrrole nitrogens is 1. The molecule has 0 spiro atoms. The number of aliphatic hydroxyl groups is 1. The van der Waals surface area contributed by atoms with Crippen LogP contribution in [-0.4, -0.2) is 33.4 Å². The van der Waals surface area contributed by atoms with Crippen LogP contribution < -0.4 is 0 Å². The van der Waals surface area contributed by atoms with Gasteiger partial charge in [-0.2, -0.15) is 10.4 Å². The number of nitrogens with one attached hydrogen (secondary N) is 1. The van der Waals surface area contributed by atoms with Crippen LogP contribution in [0.25, 0.3) is 11.3 Å². The van der Waals surface area contributed by atoms with Crippen molar-refractivity contribution in [3.63, 3.8) is 0 Å². The molecule has 1 heterocycles. The standard InChI is InChI=1S/C20H19FN4O/c21-19-7-3-16(4-8-19)13-25(9-10-26)14-18-12-23-24-20(18)17-5-1-15(11-22)2-6-17/h1-8,12,26H,9-10,13-14H2,(H,23,24). The molecule has 0 bridgehead atoms. The van der Waals surface area contributed by atoms with Crippen molar-refractivity contribution in [1.29, 1.82) is 5.26 Å². The average molecular weight is 350 g/mol. The van der Waals surface area contributed by atoms with Crippen molar-refractivity contribution in [2.75, 3.05) is 13.2 Å². The second-order valence-corrected chi connectivity index (χ2v) is 6.02. The topological polar surface area (TPSA) is 75.9 Å². The molecular weight excluding hydrogens is 331 g/mol. The number of hydrogen-bond donors (Lipinski definition) is 2. The van der Waals surface area contributed by atoms with Crippen molar-refractivity contribution in [3.05, 3.63) is 77.2 Å². The van der Waals surface area contributed by atoms with E-state index in [2.05, 4.69) is 21.2 Å². The summed E-state index contributed by atoms with van der Waals surface area (Å²) in [4.78, 5) is 2.07. The van der Waals surface area contributed by atoms with Crippen LogP contribution in [0.5, 0.6) is 0 Å². The molecule has 0 amide bonds. The summed E-state index contributed by atoms with van der Waals surface area (Å²) >= 11 is 0. The average Bonchev–Trinajstić information content (AvgIpc) is 3.12. The van der Waals surface area contributed by atoms with Crippen molar-refractivity contribution in [3.8, 4) is 17.3 Å². The summed E-state index contributed by atoms with van der Waals surface area (Å²) in [7, 11) is 0. The number of aromatic amines is 1. The number of halogens is 1. The Hall–Kier alpha value is -3.01. The molecule has 0 aliphatic rings. The number of nitrogens with zero attached hydrogens (tertiary/aromatic N) is 3. The quantitative estimate of drug-likeness (QED) is 0.687. The third kappa shape index (κ3) is 4.33. The predicted molar refractivity (Wildman–Crippen MR) is 96.3 cm³/mol. The van der Waals surface area contributed by atoms with E-state index in [4.69, 9.17) is 5.26 Å². The molecule has 5 nitrogen and oxygen atoms in total. The summed E-state index contributed by atoms with van der Waals surface area (Å²) < 4.78 is 13.1. The first kappa shape index (κ1) is 17.8. The zero-order valence-electron chi connectivity index (χ0n) is 14.2. The Balaban J connectivity index is 1.78. The third-order valence-corrected chi connectivity index (χ3v) is 4.15. The first-order valence-electron chi connectivity index (χ1n) is 8.30. The van der Waals surface area contributed by atoms with Gasteiger partial charge < -0.3 is 5.11 Å². The van der Waals surface area contributed by atoms with Gasteiger partial charge in [0, 0.05) is 25.2 Å². The monoisotopic (exact) mass is 350 g/mol. The second-order valence-electron chi connectivity index (χ2n) is 6.02. The first-order chi connectivity index (χ1) is 12.7. The highest BCUT2D eigenvalue weighted by Gasteiger charge is 2.13. The molecule has 0 aliphatic heterocycles. The molecule has 3 rings (SSSR count). The molecule has 6 heteroatoms. The molecule has 0 fully saturated rings. The van der Waals surface area contributed by atoms with E-state index in [-0.39, 0.29) is 12.4 Å². The molecule has 0 saturated carbocycles. The third-order valence-electron chi connectivity index (χ3n) is 4.15. The van der Waals surface area contributed by atoms with Gasteiger partial charge in [0.25, 0.3) is 0 Å². The lowest BCUT2D eigenvalue weighted by atomic mass is 10.1. The fourth-order valence-corrected chi connectivity index (χ4v) is 2.84. The van der Waals surface area contributed by atoms with E-state index in [1.807, 2.05) is 12.1 Å². The Morgan fingerprint density at radius 1 is 1.08 bits per heavy atom. The smallest absolute Gasteiger partial charge is 0.123 e. The van der Waals surface area contributed by atoms with Gasteiger partial charge >= 0.3 is 0 Å². The number of nitriles is 1. The van der Waals surface area contributed by atoms with Crippen molar-refractivity contribution in [2.45, 2.75) is 13.1 Å². The van der Waals surface area contributed by atoms with Crippen LogP contribution in [0.4, 0.5) is 4.39 Å². The van der Waals surface area contributed by atoms with E-state index in [1.54, 1.807) is 30.5 Å². The van der Waals surface area contributed by atoms with Crippen molar-refractivity contribution in [1.82, 2.24) is 15.1 Å². The summed E-state index contributed by atoms with van der Waals surface area (Å²) in [6, 6.07) is 15.8. The Morgan fingerprint density at radius 2 is 1.81 bits per heavy atom. The molecule has 2 aromatic carbocycles. The van der Waals surface area contributed by atoms with Gasteiger partial charge in [-0.3, -0.25) is 10.00 Å². The molecule has 3 aromatic rings. The minimum Gasteiger partial charge on any atom is -0.395 e. The highest BCUT2D eigenvalue weighted by atomic mass is 19.1. The number of aliphatic hydroxyl groups excluding tert-OH is 1. The largest absolute Gasteiger partial charge is 0.395 e. The Morgan fingerprint density at radius 3 is 2.46 bits per heavy atom. The van der Waals surface area contributed by atoms with Crippen molar-refractivity contribution in [2.24, 2.45) is 0 Å². The Labute approximate surface area is 151 Å². The fourth-order valence-electron chi connectivity index (χ4n) is 2.84. The molecule has 0 saturated heterocycles. The fraction of sp³-hybridized carbons (Fsp3) is 0.200. The SMILES string of the molecule is N#Cc1ccc(-c2[nH]ncc2CN(CCO)Cc2ccc(F)cc2)cc1. The number of rotatable bonds is 7. The Bertz CT molecular complexity index is 881. The first-order valence-corrected chi connectivity index (χ1v) is 8.30. The maximum absolute atomic E-state index is 13.1. The highest BCUT2D eigenvalue weighted by molar-refractivity contribution is 5.63. The van der Waals surface area contributed by atoms with E-state index in [1.165, 1.54) is 12.1 Å². The molecular formula is C20H19FN4O. The predicted octanol–water partition coefficient (Wildman–Crippen LogP) is 3.08. The van der Waals surface area contributed by atoms with Gasteiger partial charge in [-0.1, -0.05) is 24.3 Å². The highest BCUT2D eigenvalue weighted by Crippen LogP contribution is 2.23. The lowest BCUT2D eigenvalue weighted by Crippen LogP contribution is -2.26. The van der Waals surface area contributed by atoms with Gasteiger partial charge in [0.15, 0.2) is 0 Å². The molecule has 0 atom stereocenters. The van der Waals surface area contributed by atoms with Gasteiger partial charge in [-0.15, -0.1) is 0 Å². The zero-order chi connectivity index (χ0) is 18.4. The summed E-state index contributed by atoms with van der Waals surface area (Å²) in [5.74, 6) is -0.264. The molecule has 132 valence electrons. The van der Waals surface area contributed by atoms with E-state index in [0.29, 0.717) is 25.2 Å². The van der Waals surface area contributed by atoms with Crippen LogP contribution in [0.15, 0.2) is 54.7 Å². The van der Waals surface area contributed by atoms with E-state index < -0.39 is 0 Å². The summed E-state index contributed by atoms with van der Waals surface area (Å²) in [6.45, 7) is 1.71. The molecule has 1 aromatic heterocycles. The van der Waals surface area contributed by atoms with Crippen LogP contribution in [0.1, 0.15) is 16.7 Å². The number of hydrogen-bond acceptors (Lipinski definition) is 4. The normalized spacial score (nSPS) is 10.8. The molecule has 2 N–H and O–H groups in total. The van der Waals surface area contributed by atoms with Gasteiger partial charge in [-0.05, 0) is 35.4 Å². The van der Waals surface area contributed by atoms with E-state index >= 15 is 0 Å². The lowest BCUT2D eigenvalue weighted by molar-refractivity contribution is 0.184. The minimum absolute atomic E-state index is 0.0330. The lowest BCUT2D eigenvalue weighted by Gasteiger charge is -2.21. The Kier molecular flexibility index (Phi) is 5.74. The molecule has 0 unspecified atom stereocenters. The molecule has 26 heavy (non-hydrogen) atoms. The minimum atomic E-state index is -0.264. The van der Waals surface area contributed by atoms with E-state index in [0.717, 1.165) is 22.4 Å². The zero-order valence-corrected chi connectivity index (χ0v) is 14.2. The summed E-state index contributed by atoms with van der Waals surface area (Å²) in [5, 5.41) is 25.5. The maximum atomic E-state index is 13.1.